The molecule has 9 heteroatoms. The fraction of sp³-hybridized carbons (Fsp3) is 0.280. The molecular formula is C25H27N7OS. The molecule has 3 aromatic heterocycles. The average molecular weight is 474 g/mol. The van der Waals surface area contributed by atoms with Gasteiger partial charge >= 0.3 is 0 Å². The monoisotopic (exact) mass is 473 g/mol. The van der Waals surface area contributed by atoms with Crippen molar-refractivity contribution in [2.75, 3.05) is 43.4 Å². The SMILES string of the molecule is Cc1ccc(N(C)c2ccc3nc(Nc4cc(CCN5CCNC(=O)C5)ccn4)sc3n2)cc1. The van der Waals surface area contributed by atoms with Crippen molar-refractivity contribution in [2.24, 2.45) is 0 Å². The molecule has 4 heterocycles. The topological polar surface area (TPSA) is 86.3 Å². The van der Waals surface area contributed by atoms with Gasteiger partial charge in [0.1, 0.15) is 22.0 Å². The minimum Gasteiger partial charge on any atom is -0.354 e. The van der Waals surface area contributed by atoms with Gasteiger partial charge < -0.3 is 15.5 Å². The van der Waals surface area contributed by atoms with Crippen LogP contribution >= 0.6 is 11.3 Å². The lowest BCUT2D eigenvalue weighted by atomic mass is 10.2. The zero-order valence-corrected chi connectivity index (χ0v) is 20.1. The normalized spacial score (nSPS) is 14.2. The van der Waals surface area contributed by atoms with E-state index in [1.54, 1.807) is 6.20 Å². The quantitative estimate of drug-likeness (QED) is 0.421. The fourth-order valence-electron chi connectivity index (χ4n) is 3.93. The molecule has 8 nitrogen and oxygen atoms in total. The molecule has 1 fully saturated rings. The Morgan fingerprint density at radius 2 is 2.00 bits per heavy atom. The van der Waals surface area contributed by atoms with E-state index in [0.717, 1.165) is 58.9 Å². The van der Waals surface area contributed by atoms with Crippen LogP contribution in [-0.4, -0.2) is 59.0 Å². The van der Waals surface area contributed by atoms with Crippen LogP contribution in [0.4, 0.5) is 22.5 Å². The first-order chi connectivity index (χ1) is 16.5. The molecule has 1 saturated heterocycles. The molecule has 2 N–H and O–H groups in total. The van der Waals surface area contributed by atoms with Gasteiger partial charge in [-0.1, -0.05) is 29.0 Å². The van der Waals surface area contributed by atoms with Crippen LogP contribution in [0.5, 0.6) is 0 Å². The van der Waals surface area contributed by atoms with Crippen molar-refractivity contribution in [3.8, 4) is 0 Å². The molecule has 0 atom stereocenters. The Morgan fingerprint density at radius 1 is 1.15 bits per heavy atom. The highest BCUT2D eigenvalue weighted by Gasteiger charge is 2.16. The predicted molar refractivity (Wildman–Crippen MR) is 137 cm³/mol. The standard InChI is InChI=1S/C25H27N7OS/c1-17-3-5-19(6-4-17)31(2)22-8-7-20-24(30-22)34-25(28-20)29-21-15-18(9-11-26-21)10-13-32-14-12-27-23(33)16-32/h3-9,11,15H,10,12-14,16H2,1-2H3,(H,27,33)(H,26,28,29). The Balaban J connectivity index is 1.27. The molecule has 0 spiro atoms. The third-order valence-electron chi connectivity index (χ3n) is 5.90. The summed E-state index contributed by atoms with van der Waals surface area (Å²) in [6.07, 6.45) is 2.67. The summed E-state index contributed by atoms with van der Waals surface area (Å²) in [5.41, 5.74) is 4.35. The third kappa shape index (κ3) is 5.16. The van der Waals surface area contributed by atoms with E-state index in [9.17, 15) is 4.79 Å². The lowest BCUT2D eigenvalue weighted by Gasteiger charge is -2.26. The number of benzene rings is 1. The number of piperazine rings is 1. The molecule has 1 aliphatic heterocycles. The highest BCUT2D eigenvalue weighted by Crippen LogP contribution is 2.30. The number of aromatic nitrogens is 3. The first-order valence-corrected chi connectivity index (χ1v) is 12.1. The molecule has 34 heavy (non-hydrogen) atoms. The number of aryl methyl sites for hydroxylation is 1. The van der Waals surface area contributed by atoms with Crippen LogP contribution in [0.1, 0.15) is 11.1 Å². The zero-order valence-electron chi connectivity index (χ0n) is 19.3. The molecule has 1 aromatic carbocycles. The van der Waals surface area contributed by atoms with E-state index in [4.69, 9.17) is 4.98 Å². The van der Waals surface area contributed by atoms with E-state index >= 15 is 0 Å². The molecule has 1 amide bonds. The molecule has 0 radical (unpaired) electrons. The van der Waals surface area contributed by atoms with Gasteiger partial charge in [-0.3, -0.25) is 9.69 Å². The number of nitrogens with one attached hydrogen (secondary N) is 2. The lowest BCUT2D eigenvalue weighted by Crippen LogP contribution is -2.48. The second-order valence-corrected chi connectivity index (χ2v) is 9.44. The summed E-state index contributed by atoms with van der Waals surface area (Å²) >= 11 is 1.51. The number of pyridine rings is 2. The molecule has 1 aliphatic rings. The van der Waals surface area contributed by atoms with Crippen molar-refractivity contribution in [3.05, 3.63) is 65.9 Å². The molecule has 0 bridgehead atoms. The van der Waals surface area contributed by atoms with Crippen LogP contribution < -0.4 is 15.5 Å². The average Bonchev–Trinajstić information content (AvgIpc) is 3.24. The molecule has 5 rings (SSSR count). The highest BCUT2D eigenvalue weighted by atomic mass is 32.1. The Kier molecular flexibility index (Phi) is 6.37. The van der Waals surface area contributed by atoms with E-state index in [1.165, 1.54) is 22.5 Å². The molecule has 4 aromatic rings. The first kappa shape index (κ1) is 22.2. The van der Waals surface area contributed by atoms with E-state index in [0.29, 0.717) is 6.54 Å². The van der Waals surface area contributed by atoms with Crippen LogP contribution in [-0.2, 0) is 11.2 Å². The number of hydrogen-bond donors (Lipinski definition) is 2. The summed E-state index contributed by atoms with van der Waals surface area (Å²) in [5.74, 6) is 1.73. The number of amides is 1. The van der Waals surface area contributed by atoms with Gasteiger partial charge in [-0.15, -0.1) is 0 Å². The molecule has 0 unspecified atom stereocenters. The number of anilines is 4. The maximum Gasteiger partial charge on any atom is 0.234 e. The van der Waals surface area contributed by atoms with Gasteiger partial charge in [0, 0.05) is 38.6 Å². The van der Waals surface area contributed by atoms with Crippen LogP contribution in [0, 0.1) is 6.92 Å². The van der Waals surface area contributed by atoms with Gasteiger partial charge in [-0.05, 0) is 55.3 Å². The minimum absolute atomic E-state index is 0.0981. The Labute approximate surface area is 202 Å². The maximum absolute atomic E-state index is 11.6. The van der Waals surface area contributed by atoms with Gasteiger partial charge in [-0.25, -0.2) is 15.0 Å². The Morgan fingerprint density at radius 3 is 2.82 bits per heavy atom. The van der Waals surface area contributed by atoms with Crippen LogP contribution in [0.3, 0.4) is 0 Å². The summed E-state index contributed by atoms with van der Waals surface area (Å²) in [4.78, 5) is 30.7. The van der Waals surface area contributed by atoms with Crippen molar-refractivity contribution in [2.45, 2.75) is 13.3 Å². The van der Waals surface area contributed by atoms with Gasteiger partial charge in [0.15, 0.2) is 5.13 Å². The van der Waals surface area contributed by atoms with Crippen LogP contribution in [0.25, 0.3) is 10.3 Å². The third-order valence-corrected chi connectivity index (χ3v) is 6.78. The molecule has 174 valence electrons. The van der Waals surface area contributed by atoms with E-state index < -0.39 is 0 Å². The molecular weight excluding hydrogens is 446 g/mol. The molecule has 0 saturated carbocycles. The van der Waals surface area contributed by atoms with E-state index in [2.05, 4.69) is 61.6 Å². The Hall–Kier alpha value is -3.56. The second kappa shape index (κ2) is 9.74. The first-order valence-electron chi connectivity index (χ1n) is 11.3. The van der Waals surface area contributed by atoms with Crippen molar-refractivity contribution < 1.29 is 4.79 Å². The van der Waals surface area contributed by atoms with Crippen molar-refractivity contribution in [1.29, 1.82) is 0 Å². The lowest BCUT2D eigenvalue weighted by molar-refractivity contribution is -0.124. The summed E-state index contributed by atoms with van der Waals surface area (Å²) in [7, 11) is 2.02. The predicted octanol–water partition coefficient (Wildman–Crippen LogP) is 3.88. The van der Waals surface area contributed by atoms with E-state index in [1.807, 2.05) is 31.3 Å². The number of hydrogen-bond acceptors (Lipinski definition) is 8. The highest BCUT2D eigenvalue weighted by molar-refractivity contribution is 7.21. The number of carbonyl (C=O) groups excluding carboxylic acids is 1. The fourth-order valence-corrected chi connectivity index (χ4v) is 4.77. The maximum atomic E-state index is 11.6. The van der Waals surface area contributed by atoms with Gasteiger partial charge in [0.2, 0.25) is 5.91 Å². The van der Waals surface area contributed by atoms with Gasteiger partial charge in [0.25, 0.3) is 0 Å². The minimum atomic E-state index is 0.0981. The van der Waals surface area contributed by atoms with Crippen LogP contribution in [0.15, 0.2) is 54.7 Å². The molecule has 0 aliphatic carbocycles. The largest absolute Gasteiger partial charge is 0.354 e. The second-order valence-electron chi connectivity index (χ2n) is 8.46. The smallest absolute Gasteiger partial charge is 0.234 e. The number of rotatable bonds is 7. The van der Waals surface area contributed by atoms with Crippen LogP contribution in [0.2, 0.25) is 0 Å². The van der Waals surface area contributed by atoms with Gasteiger partial charge in [-0.2, -0.15) is 0 Å². The number of thiazole rings is 1. The van der Waals surface area contributed by atoms with Crippen molar-refractivity contribution in [1.82, 2.24) is 25.2 Å². The summed E-state index contributed by atoms with van der Waals surface area (Å²) in [6.45, 7) is 5.01. The van der Waals surface area contributed by atoms with E-state index in [-0.39, 0.29) is 5.91 Å². The summed E-state index contributed by atoms with van der Waals surface area (Å²) < 4.78 is 0. The van der Waals surface area contributed by atoms with Crippen molar-refractivity contribution in [3.63, 3.8) is 0 Å². The van der Waals surface area contributed by atoms with Gasteiger partial charge in [0.05, 0.1) is 6.54 Å². The number of carbonyl (C=O) groups is 1. The number of nitrogens with zero attached hydrogens (tertiary/aromatic N) is 5. The van der Waals surface area contributed by atoms with Crippen molar-refractivity contribution >= 4 is 50.0 Å². The summed E-state index contributed by atoms with van der Waals surface area (Å²) in [5, 5.41) is 6.95. The Bertz CT molecular complexity index is 1300. The number of fused-ring (bicyclic) bond motifs is 1. The summed E-state index contributed by atoms with van der Waals surface area (Å²) in [6, 6.07) is 16.4. The zero-order chi connectivity index (χ0) is 23.5.